The Labute approximate surface area is 144 Å². The SMILES string of the molecule is C=P(CC(C)(C)C)(c1ccccc1)c1ccccc1.CC.CC. The lowest BCUT2D eigenvalue weighted by Gasteiger charge is -2.32. The summed E-state index contributed by atoms with van der Waals surface area (Å²) in [6, 6.07) is 21.6. The summed E-state index contributed by atoms with van der Waals surface area (Å²) in [4.78, 5) is 0. The van der Waals surface area contributed by atoms with Crippen molar-refractivity contribution in [2.45, 2.75) is 48.5 Å². The second kappa shape index (κ2) is 10.5. The van der Waals surface area contributed by atoms with Gasteiger partial charge in [-0.25, -0.2) is 0 Å². The van der Waals surface area contributed by atoms with Crippen molar-refractivity contribution in [2.24, 2.45) is 5.41 Å². The van der Waals surface area contributed by atoms with Crippen LogP contribution in [0.25, 0.3) is 0 Å². The number of rotatable bonds is 3. The lowest BCUT2D eigenvalue weighted by Crippen LogP contribution is -2.25. The van der Waals surface area contributed by atoms with Crippen LogP contribution < -0.4 is 10.6 Å². The van der Waals surface area contributed by atoms with Crippen LogP contribution in [-0.2, 0) is 0 Å². The first-order chi connectivity index (χ1) is 10.9. The summed E-state index contributed by atoms with van der Waals surface area (Å²) in [5.74, 6) is 0. The molecule has 2 rings (SSSR count). The van der Waals surface area contributed by atoms with Gasteiger partial charge in [0.2, 0.25) is 0 Å². The highest BCUT2D eigenvalue weighted by Gasteiger charge is 2.25. The first-order valence-electron chi connectivity index (χ1n) is 8.75. The number of hydrogen-bond acceptors (Lipinski definition) is 0. The molecule has 0 aliphatic rings. The van der Waals surface area contributed by atoms with Crippen molar-refractivity contribution in [3.05, 3.63) is 60.7 Å². The predicted molar refractivity (Wildman–Crippen MR) is 113 cm³/mol. The molecule has 0 radical (unpaired) electrons. The topological polar surface area (TPSA) is 0 Å². The molecule has 0 heterocycles. The zero-order valence-corrected chi connectivity index (χ0v) is 17.0. The molecule has 0 aromatic heterocycles. The molecule has 0 unspecified atom stereocenters. The number of benzene rings is 2. The van der Waals surface area contributed by atoms with Crippen molar-refractivity contribution in [1.29, 1.82) is 0 Å². The molecule has 0 amide bonds. The molecule has 0 atom stereocenters. The van der Waals surface area contributed by atoms with Crippen molar-refractivity contribution in [2.75, 3.05) is 6.16 Å². The Kier molecular flexibility index (Phi) is 9.93. The van der Waals surface area contributed by atoms with Crippen molar-refractivity contribution in [3.8, 4) is 0 Å². The fourth-order valence-corrected chi connectivity index (χ4v) is 6.34. The van der Waals surface area contributed by atoms with Gasteiger partial charge >= 0.3 is 0 Å². The summed E-state index contributed by atoms with van der Waals surface area (Å²) < 4.78 is 0. The van der Waals surface area contributed by atoms with Gasteiger partial charge in [-0.15, -0.1) is 0 Å². The zero-order chi connectivity index (χ0) is 17.9. The summed E-state index contributed by atoms with van der Waals surface area (Å²) in [7, 11) is 0. The van der Waals surface area contributed by atoms with Gasteiger partial charge in [-0.1, -0.05) is 122 Å². The van der Waals surface area contributed by atoms with Gasteiger partial charge in [0.25, 0.3) is 0 Å². The van der Waals surface area contributed by atoms with Crippen molar-refractivity contribution < 1.29 is 0 Å². The molecule has 0 spiro atoms. The minimum absolute atomic E-state index is 0.279. The largest absolute Gasteiger partial charge is 0.0926 e. The molecule has 0 bridgehead atoms. The second-order valence-electron chi connectivity index (χ2n) is 6.36. The Morgan fingerprint density at radius 3 is 1.26 bits per heavy atom. The maximum atomic E-state index is 4.71. The Balaban J connectivity index is 0.00000112. The van der Waals surface area contributed by atoms with Gasteiger partial charge in [0.05, 0.1) is 0 Å². The van der Waals surface area contributed by atoms with Crippen LogP contribution in [-0.4, -0.2) is 12.5 Å². The lowest BCUT2D eigenvalue weighted by molar-refractivity contribution is 0.478. The van der Waals surface area contributed by atoms with E-state index >= 15 is 0 Å². The van der Waals surface area contributed by atoms with E-state index in [2.05, 4.69) is 81.4 Å². The standard InChI is InChI=1S/C18H23P.2C2H6/c1-18(2,3)15-19(4,16-11-7-5-8-12-16)17-13-9-6-10-14-17;2*1-2/h5-14H,4,15H2,1-3H3;2*1-2H3. The monoisotopic (exact) mass is 330 g/mol. The quantitative estimate of drug-likeness (QED) is 0.589. The van der Waals surface area contributed by atoms with E-state index in [0.717, 1.165) is 6.16 Å². The van der Waals surface area contributed by atoms with Gasteiger partial charge in [0.1, 0.15) is 0 Å². The van der Waals surface area contributed by atoms with E-state index in [1.54, 1.807) is 0 Å². The normalized spacial score (nSPS) is 10.7. The summed E-state index contributed by atoms with van der Waals surface area (Å²) in [5.41, 5.74) is 0.279. The highest BCUT2D eigenvalue weighted by Crippen LogP contribution is 2.47. The Hall–Kier alpha value is -1.26. The highest BCUT2D eigenvalue weighted by molar-refractivity contribution is 7.87. The molecule has 0 fully saturated rings. The predicted octanol–water partition coefficient (Wildman–Crippen LogP) is 6.19. The van der Waals surface area contributed by atoms with Gasteiger partial charge in [-0.05, 0) is 22.2 Å². The van der Waals surface area contributed by atoms with Crippen molar-refractivity contribution in [1.82, 2.24) is 0 Å². The average molecular weight is 330 g/mol. The van der Waals surface area contributed by atoms with E-state index in [1.807, 2.05) is 27.7 Å². The van der Waals surface area contributed by atoms with Crippen molar-refractivity contribution in [3.63, 3.8) is 0 Å². The molecule has 0 aliphatic carbocycles. The molecular weight excluding hydrogens is 295 g/mol. The van der Waals surface area contributed by atoms with E-state index in [9.17, 15) is 0 Å². The van der Waals surface area contributed by atoms with Crippen LogP contribution in [0.1, 0.15) is 48.5 Å². The van der Waals surface area contributed by atoms with Gasteiger partial charge in [0.15, 0.2) is 0 Å². The van der Waals surface area contributed by atoms with Gasteiger partial charge < -0.3 is 0 Å². The Morgan fingerprint density at radius 2 is 1.00 bits per heavy atom. The van der Waals surface area contributed by atoms with Gasteiger partial charge in [0, 0.05) is 0 Å². The second-order valence-corrected chi connectivity index (χ2v) is 9.64. The molecule has 0 aliphatic heterocycles. The Bertz CT molecular complexity index is 518. The van der Waals surface area contributed by atoms with Crippen LogP contribution >= 0.6 is 6.89 Å². The molecule has 0 saturated heterocycles. The minimum Gasteiger partial charge on any atom is -0.0926 e. The van der Waals surface area contributed by atoms with E-state index < -0.39 is 6.89 Å². The van der Waals surface area contributed by atoms with Crippen LogP contribution in [0.5, 0.6) is 0 Å². The fraction of sp³-hybridized carbons (Fsp3) is 0.409. The molecule has 0 N–H and O–H groups in total. The maximum absolute atomic E-state index is 4.71. The van der Waals surface area contributed by atoms with Crippen molar-refractivity contribution >= 4 is 23.8 Å². The van der Waals surface area contributed by atoms with Gasteiger partial charge in [-0.2, -0.15) is 0 Å². The first kappa shape index (κ1) is 21.7. The maximum Gasteiger partial charge on any atom is -0.0208 e. The minimum atomic E-state index is -1.55. The lowest BCUT2D eigenvalue weighted by atomic mass is 10.0. The average Bonchev–Trinajstić information content (AvgIpc) is 2.58. The van der Waals surface area contributed by atoms with Crippen LogP contribution in [0.2, 0.25) is 0 Å². The fourth-order valence-electron chi connectivity index (χ4n) is 2.57. The van der Waals surface area contributed by atoms with E-state index in [4.69, 9.17) is 6.30 Å². The highest BCUT2D eigenvalue weighted by atomic mass is 31.2. The molecule has 128 valence electrons. The van der Waals surface area contributed by atoms with E-state index in [-0.39, 0.29) is 5.41 Å². The van der Waals surface area contributed by atoms with Gasteiger partial charge in [-0.3, -0.25) is 0 Å². The summed E-state index contributed by atoms with van der Waals surface area (Å²) >= 11 is 0. The molecular formula is C22H35P. The van der Waals surface area contributed by atoms with E-state index in [0.29, 0.717) is 0 Å². The molecule has 23 heavy (non-hydrogen) atoms. The molecule has 2 aromatic carbocycles. The Morgan fingerprint density at radius 1 is 0.696 bits per heavy atom. The van der Waals surface area contributed by atoms with Crippen LogP contribution in [0.15, 0.2) is 60.7 Å². The zero-order valence-electron chi connectivity index (χ0n) is 16.1. The van der Waals surface area contributed by atoms with Crippen LogP contribution in [0.3, 0.4) is 0 Å². The molecule has 0 saturated carbocycles. The molecule has 0 nitrogen and oxygen atoms in total. The molecule has 1 heteroatoms. The third-order valence-electron chi connectivity index (χ3n) is 3.25. The summed E-state index contributed by atoms with van der Waals surface area (Å²) in [6.07, 6.45) is 5.84. The summed E-state index contributed by atoms with van der Waals surface area (Å²) in [6.45, 7) is 13.4. The smallest absolute Gasteiger partial charge is 0.0208 e. The summed E-state index contributed by atoms with van der Waals surface area (Å²) in [5, 5.41) is 2.80. The number of hydrogen-bond donors (Lipinski definition) is 0. The van der Waals surface area contributed by atoms with Crippen LogP contribution in [0.4, 0.5) is 0 Å². The molecule has 2 aromatic rings. The third kappa shape index (κ3) is 6.80. The van der Waals surface area contributed by atoms with Crippen LogP contribution in [0, 0.1) is 5.41 Å². The first-order valence-corrected chi connectivity index (χ1v) is 10.9. The van der Waals surface area contributed by atoms with E-state index in [1.165, 1.54) is 10.6 Å². The third-order valence-corrected chi connectivity index (χ3v) is 7.31.